The summed E-state index contributed by atoms with van der Waals surface area (Å²) in [5.41, 5.74) is 6.97. The van der Waals surface area contributed by atoms with Crippen LogP contribution in [0.4, 0.5) is 11.4 Å². The van der Waals surface area contributed by atoms with E-state index in [-0.39, 0.29) is 16.7 Å². The van der Waals surface area contributed by atoms with Gasteiger partial charge in [0.05, 0.1) is 10.3 Å². The average Bonchev–Trinajstić information content (AvgIpc) is 3.21. The Morgan fingerprint density at radius 1 is 0.976 bits per heavy atom. The Bertz CT molecular complexity index is 1590. The minimum Gasteiger partial charge on any atom is -0.744 e. The highest BCUT2D eigenvalue weighted by Crippen LogP contribution is 2.48. The minimum absolute atomic E-state index is 0.120. The van der Waals surface area contributed by atoms with E-state index >= 15 is 0 Å². The molecular formula is C33H40N2O5S. The van der Waals surface area contributed by atoms with Gasteiger partial charge in [0.1, 0.15) is 17.2 Å². The second-order valence-corrected chi connectivity index (χ2v) is 13.4. The van der Waals surface area contributed by atoms with E-state index in [1.54, 1.807) is 6.07 Å². The molecule has 0 radical (unpaired) electrons. The van der Waals surface area contributed by atoms with Crippen LogP contribution >= 0.6 is 0 Å². The Balaban J connectivity index is 1.60. The summed E-state index contributed by atoms with van der Waals surface area (Å²) in [6.45, 7) is 11.3. The maximum Gasteiger partial charge on any atom is 0.303 e. The van der Waals surface area contributed by atoms with E-state index in [1.807, 2.05) is 38.2 Å². The summed E-state index contributed by atoms with van der Waals surface area (Å²) in [6.07, 6.45) is 12.5. The number of aliphatic carboxylic acids is 1. The number of rotatable bonds is 10. The zero-order chi connectivity index (χ0) is 30.2. The average molecular weight is 577 g/mol. The zero-order valence-corrected chi connectivity index (χ0v) is 25.6. The van der Waals surface area contributed by atoms with Crippen LogP contribution in [0, 0.1) is 6.92 Å². The molecule has 2 aliphatic rings. The van der Waals surface area contributed by atoms with Gasteiger partial charge < -0.3 is 14.6 Å². The standard InChI is InChI=1S/C33H40N2O5S/c1-23-16-18-27-25(21-23)32(2,3)29(34(27)6)13-9-7-10-14-30-33(4,5)26-22-24(41(38,39)40)17-19-28(26)35(30)20-12-8-11-15-31(36)37/h7,9-10,13-14,16-19,21-22H,8,11-12,15,20H2,1-6H3,(H-,36,37,38,39,40). The molecule has 0 aliphatic carbocycles. The van der Waals surface area contributed by atoms with Crippen LogP contribution in [0.15, 0.2) is 77.4 Å². The molecule has 2 aromatic rings. The topological polar surface area (TPSA) is 101 Å². The van der Waals surface area contributed by atoms with Gasteiger partial charge in [0.25, 0.3) is 0 Å². The third kappa shape index (κ3) is 6.09. The van der Waals surface area contributed by atoms with Crippen LogP contribution in [0.3, 0.4) is 0 Å². The number of fused-ring (bicyclic) bond motifs is 2. The van der Waals surface area contributed by atoms with Crippen LogP contribution in [-0.2, 0) is 25.7 Å². The van der Waals surface area contributed by atoms with Crippen molar-refractivity contribution in [3.63, 3.8) is 0 Å². The number of carboxylic acids is 1. The Morgan fingerprint density at radius 2 is 1.71 bits per heavy atom. The van der Waals surface area contributed by atoms with Crippen LogP contribution in [0.25, 0.3) is 0 Å². The smallest absolute Gasteiger partial charge is 0.303 e. The summed E-state index contributed by atoms with van der Waals surface area (Å²) < 4.78 is 37.5. The SMILES string of the molecule is Cc1ccc2c(c1)C(C)(C)C(C=CC=CC=C1N(CCCCCC(=O)O)c3ccc(S(=O)(=O)[O-])cc3C1(C)C)=[N+]2C. The number of carboxylic acid groups (broad SMARTS) is 1. The summed E-state index contributed by atoms with van der Waals surface area (Å²) in [7, 11) is -2.49. The lowest BCUT2D eigenvalue weighted by molar-refractivity contribution is -0.401. The molecular weight excluding hydrogens is 536 g/mol. The molecule has 2 aromatic carbocycles. The van der Waals surface area contributed by atoms with Crippen molar-refractivity contribution in [3.05, 3.63) is 89.2 Å². The number of hydrogen-bond donors (Lipinski definition) is 1. The molecule has 8 heteroatoms. The van der Waals surface area contributed by atoms with E-state index in [2.05, 4.69) is 61.6 Å². The predicted molar refractivity (Wildman–Crippen MR) is 162 cm³/mol. The van der Waals surface area contributed by atoms with Gasteiger partial charge in [-0.1, -0.05) is 50.1 Å². The number of unbranched alkanes of at least 4 members (excludes halogenated alkanes) is 2. The summed E-state index contributed by atoms with van der Waals surface area (Å²) in [5, 5.41) is 8.96. The van der Waals surface area contributed by atoms with Gasteiger partial charge in [-0.05, 0) is 69.5 Å². The maximum absolute atomic E-state index is 11.8. The van der Waals surface area contributed by atoms with E-state index in [0.29, 0.717) is 13.0 Å². The van der Waals surface area contributed by atoms with Crippen LogP contribution in [-0.4, -0.2) is 47.9 Å². The zero-order valence-electron chi connectivity index (χ0n) is 24.8. The van der Waals surface area contributed by atoms with E-state index in [9.17, 15) is 17.8 Å². The van der Waals surface area contributed by atoms with Crippen molar-refractivity contribution in [1.82, 2.24) is 0 Å². The molecule has 4 rings (SSSR count). The molecule has 0 spiro atoms. The molecule has 0 amide bonds. The van der Waals surface area contributed by atoms with Crippen molar-refractivity contribution in [2.24, 2.45) is 0 Å². The first kappa shape index (κ1) is 30.5. The molecule has 0 aromatic heterocycles. The first-order valence-electron chi connectivity index (χ1n) is 14.0. The molecule has 0 saturated carbocycles. The van der Waals surface area contributed by atoms with Gasteiger partial charge in [0.15, 0.2) is 5.71 Å². The Kier molecular flexibility index (Phi) is 8.48. The largest absolute Gasteiger partial charge is 0.744 e. The first-order chi connectivity index (χ1) is 19.2. The summed E-state index contributed by atoms with van der Waals surface area (Å²) in [4.78, 5) is 12.8. The summed E-state index contributed by atoms with van der Waals surface area (Å²) in [5.74, 6) is -0.799. The van der Waals surface area contributed by atoms with Crippen molar-refractivity contribution in [2.45, 2.75) is 76.0 Å². The molecule has 0 fully saturated rings. The molecule has 41 heavy (non-hydrogen) atoms. The van der Waals surface area contributed by atoms with Gasteiger partial charge >= 0.3 is 5.97 Å². The van der Waals surface area contributed by atoms with E-state index in [0.717, 1.165) is 29.8 Å². The van der Waals surface area contributed by atoms with Crippen molar-refractivity contribution in [1.29, 1.82) is 0 Å². The highest BCUT2D eigenvalue weighted by atomic mass is 32.2. The number of allylic oxidation sites excluding steroid dienone is 6. The molecule has 2 heterocycles. The first-order valence-corrected chi connectivity index (χ1v) is 15.4. The van der Waals surface area contributed by atoms with E-state index in [1.165, 1.54) is 34.7 Å². The number of anilines is 1. The van der Waals surface area contributed by atoms with E-state index in [4.69, 9.17) is 5.11 Å². The molecule has 0 unspecified atom stereocenters. The number of nitrogens with zero attached hydrogens (tertiary/aromatic N) is 2. The van der Waals surface area contributed by atoms with Gasteiger partial charge in [-0.2, -0.15) is 4.58 Å². The third-order valence-electron chi connectivity index (χ3n) is 8.34. The molecule has 0 atom stereocenters. The number of benzene rings is 2. The van der Waals surface area contributed by atoms with Gasteiger partial charge in [-0.3, -0.25) is 4.79 Å². The normalized spacial score (nSPS) is 18.6. The Labute approximate surface area is 244 Å². The van der Waals surface area contributed by atoms with Crippen molar-refractivity contribution >= 4 is 33.2 Å². The van der Waals surface area contributed by atoms with Crippen LogP contribution < -0.4 is 4.90 Å². The second kappa shape index (κ2) is 11.4. The van der Waals surface area contributed by atoms with Crippen LogP contribution in [0.2, 0.25) is 0 Å². The lowest BCUT2D eigenvalue weighted by Gasteiger charge is -2.27. The fourth-order valence-electron chi connectivity index (χ4n) is 6.08. The highest BCUT2D eigenvalue weighted by Gasteiger charge is 2.43. The number of hydrogen-bond acceptors (Lipinski definition) is 5. The summed E-state index contributed by atoms with van der Waals surface area (Å²) >= 11 is 0. The van der Waals surface area contributed by atoms with Crippen molar-refractivity contribution in [2.75, 3.05) is 18.5 Å². The van der Waals surface area contributed by atoms with Crippen molar-refractivity contribution < 1.29 is 27.4 Å². The lowest BCUT2D eigenvalue weighted by atomic mass is 9.81. The second-order valence-electron chi connectivity index (χ2n) is 12.0. The molecule has 0 bridgehead atoms. The minimum atomic E-state index is -4.58. The van der Waals surface area contributed by atoms with Crippen molar-refractivity contribution in [3.8, 4) is 0 Å². The lowest BCUT2D eigenvalue weighted by Crippen LogP contribution is -2.27. The maximum atomic E-state index is 11.8. The fraction of sp³-hybridized carbons (Fsp3) is 0.394. The quantitative estimate of drug-likeness (QED) is 0.153. The van der Waals surface area contributed by atoms with E-state index < -0.39 is 21.5 Å². The molecule has 2 aliphatic heterocycles. The van der Waals surface area contributed by atoms with Gasteiger partial charge in [-0.25, -0.2) is 8.42 Å². The monoisotopic (exact) mass is 576 g/mol. The van der Waals surface area contributed by atoms with Crippen LogP contribution in [0.1, 0.15) is 70.1 Å². The molecule has 1 N–H and O–H groups in total. The Hall–Kier alpha value is -3.49. The van der Waals surface area contributed by atoms with Gasteiger partial charge in [-0.15, -0.1) is 0 Å². The predicted octanol–water partition coefficient (Wildman–Crippen LogP) is 6.34. The van der Waals surface area contributed by atoms with Crippen LogP contribution in [0.5, 0.6) is 0 Å². The molecule has 0 saturated heterocycles. The fourth-order valence-corrected chi connectivity index (χ4v) is 6.58. The third-order valence-corrected chi connectivity index (χ3v) is 9.17. The molecule has 7 nitrogen and oxygen atoms in total. The number of aryl methyl sites for hydroxylation is 1. The Morgan fingerprint density at radius 3 is 2.39 bits per heavy atom. The summed E-state index contributed by atoms with van der Waals surface area (Å²) in [6, 6.07) is 11.1. The molecule has 218 valence electrons. The highest BCUT2D eigenvalue weighted by molar-refractivity contribution is 7.85. The van der Waals surface area contributed by atoms with Gasteiger partial charge in [0.2, 0.25) is 5.69 Å². The number of carbonyl (C=O) groups is 1. The van der Waals surface area contributed by atoms with Gasteiger partial charge in [0, 0.05) is 47.5 Å².